The zero-order valence-electron chi connectivity index (χ0n) is 8.97. The van der Waals surface area contributed by atoms with Gasteiger partial charge in [-0.15, -0.1) is 0 Å². The van der Waals surface area contributed by atoms with Crippen molar-refractivity contribution in [3.8, 4) is 5.75 Å². The van der Waals surface area contributed by atoms with Crippen LogP contribution in [-0.2, 0) is 0 Å². The second-order valence-corrected chi connectivity index (χ2v) is 3.51. The van der Waals surface area contributed by atoms with E-state index in [0.29, 0.717) is 0 Å². The third kappa shape index (κ3) is 3.90. The molecule has 3 nitrogen and oxygen atoms in total. The number of rotatable bonds is 6. The van der Waals surface area contributed by atoms with Crippen molar-refractivity contribution in [2.24, 2.45) is 0 Å². The minimum absolute atomic E-state index is 0.266. The first-order valence-corrected chi connectivity index (χ1v) is 5.28. The van der Waals surface area contributed by atoms with Crippen molar-refractivity contribution in [1.82, 2.24) is 0 Å². The first-order valence-electron chi connectivity index (χ1n) is 5.28. The average Bonchev–Trinajstić information content (AvgIpc) is 2.29. The maximum absolute atomic E-state index is 9.54. The lowest BCUT2D eigenvalue weighted by Crippen LogP contribution is -2.34. The van der Waals surface area contributed by atoms with Gasteiger partial charge in [0.25, 0.3) is 0 Å². The van der Waals surface area contributed by atoms with Gasteiger partial charge >= 0.3 is 0 Å². The number of ether oxygens (including phenoxy) is 1. The van der Waals surface area contributed by atoms with Crippen LogP contribution in [0.2, 0.25) is 0 Å². The Kier molecular flexibility index (Phi) is 5.15. The Morgan fingerprint density at radius 1 is 1.27 bits per heavy atom. The molecule has 0 saturated heterocycles. The van der Waals surface area contributed by atoms with Crippen LogP contribution in [-0.4, -0.2) is 29.0 Å². The summed E-state index contributed by atoms with van der Waals surface area (Å²) in [5, 5.41) is 18.4. The van der Waals surface area contributed by atoms with E-state index in [2.05, 4.69) is 0 Å². The summed E-state index contributed by atoms with van der Waals surface area (Å²) in [6.07, 6.45) is 0.498. The summed E-state index contributed by atoms with van der Waals surface area (Å²) < 4.78 is 5.60. The topological polar surface area (TPSA) is 49.7 Å². The summed E-state index contributed by atoms with van der Waals surface area (Å²) in [5.74, 6) is 0.725. The monoisotopic (exact) mass is 210 g/mol. The molecule has 2 N–H and O–H groups in total. The zero-order valence-corrected chi connectivity index (χ0v) is 8.97. The van der Waals surface area contributed by atoms with E-state index in [4.69, 9.17) is 9.84 Å². The molecule has 2 atom stereocenters. The van der Waals surface area contributed by atoms with E-state index in [1.54, 1.807) is 0 Å². The zero-order chi connectivity index (χ0) is 11.1. The summed E-state index contributed by atoms with van der Waals surface area (Å²) in [6, 6.07) is 9.34. The lowest BCUT2D eigenvalue weighted by molar-refractivity contribution is -0.00455. The van der Waals surface area contributed by atoms with Gasteiger partial charge in [-0.3, -0.25) is 0 Å². The van der Waals surface area contributed by atoms with E-state index in [9.17, 15) is 5.11 Å². The van der Waals surface area contributed by atoms with E-state index in [-0.39, 0.29) is 12.7 Å². The highest BCUT2D eigenvalue weighted by molar-refractivity contribution is 5.21. The van der Waals surface area contributed by atoms with Gasteiger partial charge in [-0.25, -0.2) is 0 Å². The smallest absolute Gasteiger partial charge is 0.127 e. The van der Waals surface area contributed by atoms with E-state index in [0.717, 1.165) is 18.6 Å². The Balaban J connectivity index is 2.58. The molecule has 3 heteroatoms. The molecule has 0 amide bonds. The highest BCUT2D eigenvalue weighted by atomic mass is 16.5. The molecule has 15 heavy (non-hydrogen) atoms. The minimum Gasteiger partial charge on any atom is -0.488 e. The van der Waals surface area contributed by atoms with Crippen LogP contribution in [0.3, 0.4) is 0 Å². The van der Waals surface area contributed by atoms with Gasteiger partial charge in [0.15, 0.2) is 0 Å². The fourth-order valence-corrected chi connectivity index (χ4v) is 1.41. The predicted octanol–water partition coefficient (Wildman–Crippen LogP) is 1.59. The maximum atomic E-state index is 9.54. The van der Waals surface area contributed by atoms with E-state index >= 15 is 0 Å². The van der Waals surface area contributed by atoms with Crippen molar-refractivity contribution >= 4 is 0 Å². The van der Waals surface area contributed by atoms with Gasteiger partial charge in [-0.2, -0.15) is 0 Å². The molecule has 84 valence electrons. The molecule has 2 unspecified atom stereocenters. The van der Waals surface area contributed by atoms with Crippen LogP contribution < -0.4 is 4.74 Å². The molecule has 0 radical (unpaired) electrons. The number of aliphatic hydroxyl groups is 2. The molecule has 1 aromatic carbocycles. The largest absolute Gasteiger partial charge is 0.488 e. The normalized spacial score (nSPS) is 14.6. The van der Waals surface area contributed by atoms with Gasteiger partial charge in [0.2, 0.25) is 0 Å². The van der Waals surface area contributed by atoms with Crippen molar-refractivity contribution in [2.75, 3.05) is 6.61 Å². The summed E-state index contributed by atoms with van der Waals surface area (Å²) in [6.45, 7) is 1.75. The standard InChI is InChI=1S/C12H18O3/c1-2-6-12(11(14)9-13)15-10-7-4-3-5-8-10/h3-5,7-8,11-14H,2,6,9H2,1H3. The SMILES string of the molecule is CCCC(Oc1ccccc1)C(O)CO. The fraction of sp³-hybridized carbons (Fsp3) is 0.500. The van der Waals surface area contributed by atoms with Crippen molar-refractivity contribution < 1.29 is 14.9 Å². The van der Waals surface area contributed by atoms with Gasteiger partial charge < -0.3 is 14.9 Å². The molecule has 1 aromatic rings. The summed E-state index contributed by atoms with van der Waals surface area (Å²) >= 11 is 0. The Morgan fingerprint density at radius 3 is 2.47 bits per heavy atom. The lowest BCUT2D eigenvalue weighted by Gasteiger charge is -2.22. The van der Waals surface area contributed by atoms with Crippen LogP contribution in [0.1, 0.15) is 19.8 Å². The van der Waals surface area contributed by atoms with Gasteiger partial charge in [0.05, 0.1) is 6.61 Å². The first kappa shape index (κ1) is 12.0. The van der Waals surface area contributed by atoms with Crippen LogP contribution in [0.4, 0.5) is 0 Å². The molecule has 0 aliphatic carbocycles. The number of benzene rings is 1. The second-order valence-electron chi connectivity index (χ2n) is 3.51. The third-order valence-corrected chi connectivity index (χ3v) is 2.22. The average molecular weight is 210 g/mol. The number of hydrogen-bond donors (Lipinski definition) is 2. The van der Waals surface area contributed by atoms with Gasteiger partial charge in [-0.05, 0) is 18.6 Å². The fourth-order valence-electron chi connectivity index (χ4n) is 1.41. The van der Waals surface area contributed by atoms with Crippen molar-refractivity contribution in [3.63, 3.8) is 0 Å². The summed E-state index contributed by atoms with van der Waals surface area (Å²) in [7, 11) is 0. The molecule has 0 fully saturated rings. The molecule has 0 spiro atoms. The van der Waals surface area contributed by atoms with Gasteiger partial charge in [-0.1, -0.05) is 31.5 Å². The van der Waals surface area contributed by atoms with Gasteiger partial charge in [0.1, 0.15) is 18.0 Å². The van der Waals surface area contributed by atoms with Crippen LogP contribution in [0.15, 0.2) is 30.3 Å². The minimum atomic E-state index is -0.815. The van der Waals surface area contributed by atoms with Gasteiger partial charge in [0, 0.05) is 0 Å². The number of hydrogen-bond acceptors (Lipinski definition) is 3. The molecule has 0 heterocycles. The molecule has 0 aliphatic heterocycles. The molecule has 0 saturated carbocycles. The number of aliphatic hydroxyl groups excluding tert-OH is 2. The number of para-hydroxylation sites is 1. The Morgan fingerprint density at radius 2 is 1.93 bits per heavy atom. The van der Waals surface area contributed by atoms with Crippen LogP contribution in [0, 0.1) is 0 Å². The molecule has 0 bridgehead atoms. The summed E-state index contributed by atoms with van der Waals surface area (Å²) in [5.41, 5.74) is 0. The van der Waals surface area contributed by atoms with Crippen molar-refractivity contribution in [1.29, 1.82) is 0 Å². The third-order valence-electron chi connectivity index (χ3n) is 2.22. The second kappa shape index (κ2) is 6.43. The van der Waals surface area contributed by atoms with E-state index in [1.807, 2.05) is 37.3 Å². The highest BCUT2D eigenvalue weighted by Gasteiger charge is 2.19. The Bertz CT molecular complexity index is 261. The lowest BCUT2D eigenvalue weighted by atomic mass is 10.1. The Labute approximate surface area is 90.3 Å². The van der Waals surface area contributed by atoms with Crippen molar-refractivity contribution in [2.45, 2.75) is 32.0 Å². The highest BCUT2D eigenvalue weighted by Crippen LogP contribution is 2.15. The maximum Gasteiger partial charge on any atom is 0.127 e. The van der Waals surface area contributed by atoms with Crippen LogP contribution >= 0.6 is 0 Å². The quantitative estimate of drug-likeness (QED) is 0.749. The summed E-state index contributed by atoms with van der Waals surface area (Å²) in [4.78, 5) is 0. The van der Waals surface area contributed by atoms with E-state index < -0.39 is 6.10 Å². The van der Waals surface area contributed by atoms with E-state index in [1.165, 1.54) is 0 Å². The molecular formula is C12H18O3. The van der Waals surface area contributed by atoms with Crippen LogP contribution in [0.25, 0.3) is 0 Å². The van der Waals surface area contributed by atoms with Crippen LogP contribution in [0.5, 0.6) is 5.75 Å². The molecule has 0 aromatic heterocycles. The van der Waals surface area contributed by atoms with Crippen molar-refractivity contribution in [3.05, 3.63) is 30.3 Å². The predicted molar refractivity (Wildman–Crippen MR) is 58.9 cm³/mol. The molecular weight excluding hydrogens is 192 g/mol. The Hall–Kier alpha value is -1.06. The first-order chi connectivity index (χ1) is 7.27. The molecule has 1 rings (SSSR count). The molecule has 0 aliphatic rings.